The van der Waals surface area contributed by atoms with Gasteiger partial charge in [0.05, 0.1) is 0 Å². The lowest BCUT2D eigenvalue weighted by Gasteiger charge is -2.60. The Morgan fingerprint density at radius 1 is 0.558 bits per heavy atom. The molecular formula is C48H70O4. The molecule has 0 aliphatic heterocycles. The van der Waals surface area contributed by atoms with E-state index in [1.54, 1.807) is 0 Å². The first kappa shape index (κ1) is 37.1. The van der Waals surface area contributed by atoms with E-state index in [4.69, 9.17) is 0 Å². The van der Waals surface area contributed by atoms with Crippen LogP contribution in [-0.2, 0) is 19.2 Å². The maximum atomic E-state index is 13.1. The summed E-state index contributed by atoms with van der Waals surface area (Å²) in [4.78, 5) is 51.6. The van der Waals surface area contributed by atoms with Gasteiger partial charge in [-0.25, -0.2) is 0 Å². The van der Waals surface area contributed by atoms with Gasteiger partial charge in [0.25, 0.3) is 0 Å². The Kier molecular flexibility index (Phi) is 9.58. The lowest BCUT2D eigenvalue weighted by molar-refractivity contribution is -0.130. The quantitative estimate of drug-likeness (QED) is 0.223. The summed E-state index contributed by atoms with van der Waals surface area (Å²) in [5.74, 6) is 6.92. The van der Waals surface area contributed by atoms with E-state index >= 15 is 0 Å². The van der Waals surface area contributed by atoms with Crippen LogP contribution in [0.1, 0.15) is 170 Å². The molecule has 14 atom stereocenters. The zero-order valence-corrected chi connectivity index (χ0v) is 33.7. The molecule has 4 heteroatoms. The van der Waals surface area contributed by atoms with Crippen LogP contribution in [0.15, 0.2) is 23.3 Å². The van der Waals surface area contributed by atoms with Crippen molar-refractivity contribution in [3.05, 3.63) is 23.3 Å². The molecule has 0 spiro atoms. The molecule has 0 bridgehead atoms. The first-order valence-corrected chi connectivity index (χ1v) is 22.2. The highest BCUT2D eigenvalue weighted by Crippen LogP contribution is 2.69. The van der Waals surface area contributed by atoms with Crippen LogP contribution < -0.4 is 0 Å². The largest absolute Gasteiger partial charge is 0.300 e. The monoisotopic (exact) mass is 711 g/mol. The molecule has 0 N–H and O–H groups in total. The molecule has 4 nitrogen and oxygen atoms in total. The summed E-state index contributed by atoms with van der Waals surface area (Å²) in [7, 11) is 0. The minimum absolute atomic E-state index is 0.129. The average molecular weight is 711 g/mol. The van der Waals surface area contributed by atoms with Gasteiger partial charge in [-0.15, -0.1) is 0 Å². The molecule has 0 heterocycles. The molecule has 0 amide bonds. The lowest BCUT2D eigenvalue weighted by atomic mass is 9.44. The van der Waals surface area contributed by atoms with E-state index in [1.165, 1.54) is 88.2 Å². The van der Waals surface area contributed by atoms with Gasteiger partial charge < -0.3 is 0 Å². The highest BCUT2D eigenvalue weighted by molar-refractivity contribution is 5.92. The maximum Gasteiger partial charge on any atom is 0.155 e. The third kappa shape index (κ3) is 5.53. The number of carbonyl (C=O) groups excluding carboxylic acids is 4. The Morgan fingerprint density at radius 3 is 1.35 bits per heavy atom. The molecule has 8 aliphatic rings. The van der Waals surface area contributed by atoms with Crippen LogP contribution in [0.5, 0.6) is 0 Å². The van der Waals surface area contributed by atoms with Gasteiger partial charge in [0.15, 0.2) is 11.6 Å². The fourth-order valence-corrected chi connectivity index (χ4v) is 16.8. The molecule has 0 radical (unpaired) electrons. The highest BCUT2D eigenvalue weighted by atomic mass is 16.1. The van der Waals surface area contributed by atoms with Crippen LogP contribution in [0.4, 0.5) is 0 Å². The van der Waals surface area contributed by atoms with Crippen molar-refractivity contribution in [1.82, 2.24) is 0 Å². The van der Waals surface area contributed by atoms with Crippen LogP contribution >= 0.6 is 0 Å². The van der Waals surface area contributed by atoms with E-state index in [9.17, 15) is 19.2 Å². The van der Waals surface area contributed by atoms with Gasteiger partial charge in [-0.05, 0) is 185 Å². The molecule has 0 aromatic carbocycles. The Hall–Kier alpha value is -1.84. The Labute approximate surface area is 315 Å². The average Bonchev–Trinajstić information content (AvgIpc) is 3.64. The summed E-state index contributed by atoms with van der Waals surface area (Å²) in [6.07, 6.45) is 26.6. The van der Waals surface area contributed by atoms with Crippen LogP contribution in [0.25, 0.3) is 0 Å². The number of allylic oxidation sites excluding steroid dienone is 2. The highest BCUT2D eigenvalue weighted by Gasteiger charge is 2.63. The number of hydrogen-bond acceptors (Lipinski definition) is 4. The number of fused-ring (bicyclic) bond motifs is 10. The van der Waals surface area contributed by atoms with Crippen molar-refractivity contribution in [1.29, 1.82) is 0 Å². The van der Waals surface area contributed by atoms with Crippen LogP contribution in [0.2, 0.25) is 0 Å². The Morgan fingerprint density at radius 2 is 0.962 bits per heavy atom. The molecular weight excluding hydrogens is 641 g/mol. The molecule has 0 aromatic heterocycles. The molecule has 286 valence electrons. The molecule has 6 saturated carbocycles. The second-order valence-electron chi connectivity index (χ2n) is 21.0. The number of unbranched alkanes of at least 4 members (excludes halogenated alkanes) is 3. The van der Waals surface area contributed by atoms with E-state index in [0.717, 1.165) is 38.5 Å². The zero-order chi connectivity index (χ0) is 36.8. The first-order chi connectivity index (χ1) is 24.7. The van der Waals surface area contributed by atoms with E-state index < -0.39 is 0 Å². The van der Waals surface area contributed by atoms with Crippen LogP contribution in [-0.4, -0.2) is 23.1 Å². The molecule has 52 heavy (non-hydrogen) atoms. The van der Waals surface area contributed by atoms with Crippen LogP contribution in [0.3, 0.4) is 0 Å². The number of hydrogen-bond donors (Lipinski definition) is 0. The summed E-state index contributed by atoms with van der Waals surface area (Å²) in [5.41, 5.74) is 3.52. The second-order valence-corrected chi connectivity index (χ2v) is 21.0. The smallest absolute Gasteiger partial charge is 0.155 e. The minimum Gasteiger partial charge on any atom is -0.300 e. The van der Waals surface area contributed by atoms with Gasteiger partial charge in [0.1, 0.15) is 11.6 Å². The summed E-state index contributed by atoms with van der Waals surface area (Å²) >= 11 is 0. The van der Waals surface area contributed by atoms with Gasteiger partial charge >= 0.3 is 0 Å². The van der Waals surface area contributed by atoms with Gasteiger partial charge in [-0.2, -0.15) is 0 Å². The standard InChI is InChI=1S/C48H70O4/c1-29(49)39-17-19-41-37-15-13-33-27-35(51)25-31(47(33,5)43(37)21-23-45(39,41)3)11-9-7-8-10-12-32-26-36(52)28-34-14-16-38-42-20-18-40(30(2)50)46(42,4)24-22-44(38)48(32,34)6/h27-28,31-32,37-44H,7-26H2,1-6H3/t31?,32?,37-,38-,39+,40+,41-,42-,43-,44-,45+,46+,47-,48-/m0/s1. The summed E-state index contributed by atoms with van der Waals surface area (Å²) in [6, 6.07) is 0. The zero-order valence-electron chi connectivity index (χ0n) is 33.7. The van der Waals surface area contributed by atoms with Crippen molar-refractivity contribution < 1.29 is 19.2 Å². The van der Waals surface area contributed by atoms with Crippen molar-refractivity contribution in [2.24, 2.45) is 80.8 Å². The molecule has 0 saturated heterocycles. The van der Waals surface area contributed by atoms with Gasteiger partial charge in [0, 0.05) is 24.7 Å². The third-order valence-corrected chi connectivity index (χ3v) is 19.4. The van der Waals surface area contributed by atoms with Crippen molar-refractivity contribution >= 4 is 23.1 Å². The molecule has 8 rings (SSSR count). The van der Waals surface area contributed by atoms with Crippen molar-refractivity contribution in [3.63, 3.8) is 0 Å². The van der Waals surface area contributed by atoms with Crippen LogP contribution in [0, 0.1) is 80.8 Å². The van der Waals surface area contributed by atoms with Gasteiger partial charge in [-0.1, -0.05) is 64.5 Å². The van der Waals surface area contributed by atoms with Crippen molar-refractivity contribution in [2.45, 2.75) is 170 Å². The predicted octanol–water partition coefficient (Wildman–Crippen LogP) is 11.3. The van der Waals surface area contributed by atoms with Crippen molar-refractivity contribution in [3.8, 4) is 0 Å². The molecule has 6 fully saturated rings. The van der Waals surface area contributed by atoms with Gasteiger partial charge in [0.2, 0.25) is 0 Å². The maximum absolute atomic E-state index is 13.1. The fraction of sp³-hybridized carbons (Fsp3) is 0.833. The normalized spacial score (nSPS) is 48.0. The summed E-state index contributed by atoms with van der Waals surface area (Å²) in [5, 5.41) is 0. The SMILES string of the molecule is CC(=O)[C@H]1CC[C@H]2[C@@H]3CCC4=CC(=O)CC(CCCCCCC5CC(=O)C=C6CC[C@H]7[C@@H]8CC[C@H](C(C)=O)[C@@]8(C)CC[C@@H]7[C@]65C)[C@]4(C)[C@H]3CC[C@]12C. The predicted molar refractivity (Wildman–Crippen MR) is 207 cm³/mol. The van der Waals surface area contributed by atoms with E-state index in [0.29, 0.717) is 83.3 Å². The minimum atomic E-state index is 0.129. The first-order valence-electron chi connectivity index (χ1n) is 22.2. The second kappa shape index (κ2) is 13.4. The Balaban J connectivity index is 0.896. The molecule has 2 unspecified atom stereocenters. The third-order valence-electron chi connectivity index (χ3n) is 19.4. The Bertz CT molecular complexity index is 1440. The number of Topliss-reactive ketones (excluding diaryl/α,β-unsaturated/α-hetero) is 2. The van der Waals surface area contributed by atoms with E-state index in [2.05, 4.69) is 39.8 Å². The van der Waals surface area contributed by atoms with Gasteiger partial charge in [-0.3, -0.25) is 19.2 Å². The number of ketones is 4. The lowest BCUT2D eigenvalue weighted by Crippen LogP contribution is -2.53. The number of carbonyl (C=O) groups is 4. The molecule has 8 aliphatic carbocycles. The molecule has 0 aromatic rings. The topological polar surface area (TPSA) is 68.3 Å². The fourth-order valence-electron chi connectivity index (χ4n) is 16.8. The van der Waals surface area contributed by atoms with Crippen molar-refractivity contribution in [2.75, 3.05) is 0 Å². The summed E-state index contributed by atoms with van der Waals surface area (Å²) in [6.45, 7) is 13.7. The number of rotatable bonds is 9. The van der Waals surface area contributed by atoms with E-state index in [1.807, 2.05) is 13.8 Å². The van der Waals surface area contributed by atoms with E-state index in [-0.39, 0.29) is 33.5 Å². The summed E-state index contributed by atoms with van der Waals surface area (Å²) < 4.78 is 0.